The van der Waals surface area contributed by atoms with Gasteiger partial charge in [0, 0.05) is 11.1 Å². The van der Waals surface area contributed by atoms with E-state index in [0.29, 0.717) is 12.8 Å². The van der Waals surface area contributed by atoms with Gasteiger partial charge >= 0.3 is 12.3 Å². The van der Waals surface area contributed by atoms with Crippen LogP contribution in [-0.2, 0) is 21.3 Å². The fourth-order valence-corrected chi connectivity index (χ4v) is 2.84. The second kappa shape index (κ2) is 5.62. The SMILES string of the molecule is [2H]C([2H])([2H])N(C(=O)OC(C)(C)C)C1([2H])COC2(CC2)c2cc(C(F)(F)F)ccc21. The molecule has 1 unspecified atom stereocenters. The lowest BCUT2D eigenvalue weighted by Gasteiger charge is -2.38. The molecular formula is C18H22F3NO3. The van der Waals surface area contributed by atoms with Crippen molar-refractivity contribution in [1.82, 2.24) is 4.90 Å². The monoisotopic (exact) mass is 361 g/mol. The summed E-state index contributed by atoms with van der Waals surface area (Å²) in [6.45, 7) is 1.04. The topological polar surface area (TPSA) is 38.8 Å². The Morgan fingerprint density at radius 1 is 1.40 bits per heavy atom. The van der Waals surface area contributed by atoms with Gasteiger partial charge in [-0.05, 0) is 56.9 Å². The molecule has 1 aromatic rings. The predicted octanol–water partition coefficient (Wildman–Crippen LogP) is 4.63. The fraction of sp³-hybridized carbons (Fsp3) is 0.611. The van der Waals surface area contributed by atoms with Crippen molar-refractivity contribution in [2.24, 2.45) is 0 Å². The van der Waals surface area contributed by atoms with Crippen LogP contribution in [0.3, 0.4) is 0 Å². The summed E-state index contributed by atoms with van der Waals surface area (Å²) in [5.74, 6) is 0. The molecule has 4 nitrogen and oxygen atoms in total. The van der Waals surface area contributed by atoms with Crippen molar-refractivity contribution in [1.29, 1.82) is 0 Å². The number of halogens is 3. The number of ether oxygens (including phenoxy) is 2. The molecule has 25 heavy (non-hydrogen) atoms. The maximum atomic E-state index is 13.2. The van der Waals surface area contributed by atoms with Gasteiger partial charge in [-0.1, -0.05) is 6.07 Å². The molecule has 7 heteroatoms. The molecule has 138 valence electrons. The maximum absolute atomic E-state index is 13.2. The van der Waals surface area contributed by atoms with E-state index in [-0.39, 0.29) is 16.0 Å². The second-order valence-corrected chi connectivity index (χ2v) is 7.30. The van der Waals surface area contributed by atoms with E-state index >= 15 is 0 Å². The molecule has 1 aromatic carbocycles. The van der Waals surface area contributed by atoms with Crippen molar-refractivity contribution in [2.45, 2.75) is 57.0 Å². The number of hydrogen-bond donors (Lipinski definition) is 0. The van der Waals surface area contributed by atoms with Crippen molar-refractivity contribution in [3.8, 4) is 0 Å². The minimum absolute atomic E-state index is 0.00349. The van der Waals surface area contributed by atoms with Crippen LogP contribution < -0.4 is 0 Å². The quantitative estimate of drug-likeness (QED) is 0.732. The van der Waals surface area contributed by atoms with E-state index in [2.05, 4.69) is 0 Å². The zero-order chi connectivity index (χ0) is 22.0. The van der Waals surface area contributed by atoms with Gasteiger partial charge in [-0.3, -0.25) is 0 Å². The number of carbonyl (C=O) groups is 1. The van der Waals surface area contributed by atoms with Crippen LogP contribution in [-0.4, -0.2) is 30.2 Å². The molecule has 2 aliphatic rings. The Hall–Kier alpha value is -1.76. The van der Waals surface area contributed by atoms with Crippen LogP contribution >= 0.6 is 0 Å². The molecule has 0 aromatic heterocycles. The van der Waals surface area contributed by atoms with Gasteiger partial charge in [0.05, 0.1) is 25.2 Å². The van der Waals surface area contributed by atoms with E-state index in [1.165, 1.54) is 0 Å². The Bertz CT molecular complexity index is 831. The van der Waals surface area contributed by atoms with Crippen LogP contribution in [0, 0.1) is 0 Å². The third-order valence-corrected chi connectivity index (χ3v) is 4.18. The molecule has 0 saturated heterocycles. The summed E-state index contributed by atoms with van der Waals surface area (Å²) in [7, 11) is 0. The van der Waals surface area contributed by atoms with Gasteiger partial charge < -0.3 is 14.4 Å². The standard InChI is InChI=1S/C18H22F3NO3/c1-16(2,3)25-15(23)22(4)14-10-24-17(7-8-17)13-9-11(18(19,20)21)5-6-12(13)14/h5-6,9,14H,7-8,10H2,1-4H3/i4D3,14D. The molecule has 1 aliphatic heterocycles. The fourth-order valence-electron chi connectivity index (χ4n) is 2.84. The Labute approximate surface area is 150 Å². The van der Waals surface area contributed by atoms with Crippen LogP contribution in [0.4, 0.5) is 18.0 Å². The number of fused-ring (bicyclic) bond motifs is 2. The first-order chi connectivity index (χ1) is 13.0. The van der Waals surface area contributed by atoms with Crippen molar-refractivity contribution in [3.63, 3.8) is 0 Å². The molecule has 1 saturated carbocycles. The molecular weight excluding hydrogens is 335 g/mol. The van der Waals surface area contributed by atoms with E-state index in [1.54, 1.807) is 20.8 Å². The predicted molar refractivity (Wildman–Crippen MR) is 85.0 cm³/mol. The largest absolute Gasteiger partial charge is 0.444 e. The number of rotatable bonds is 1. The van der Waals surface area contributed by atoms with Gasteiger partial charge in [-0.2, -0.15) is 13.2 Å². The van der Waals surface area contributed by atoms with Gasteiger partial charge in [0.2, 0.25) is 0 Å². The minimum Gasteiger partial charge on any atom is -0.444 e. The smallest absolute Gasteiger partial charge is 0.416 e. The van der Waals surface area contributed by atoms with Crippen molar-refractivity contribution in [2.75, 3.05) is 13.6 Å². The van der Waals surface area contributed by atoms with Crippen molar-refractivity contribution in [3.05, 3.63) is 34.9 Å². The lowest BCUT2D eigenvalue weighted by molar-refractivity contribution is -0.137. The number of carbonyl (C=O) groups excluding carboxylic acids is 1. The highest BCUT2D eigenvalue weighted by Crippen LogP contribution is 2.55. The number of alkyl halides is 3. The lowest BCUT2D eigenvalue weighted by Crippen LogP contribution is -2.41. The molecule has 1 spiro atoms. The average molecular weight is 361 g/mol. The van der Waals surface area contributed by atoms with Crippen LogP contribution in [0.2, 0.25) is 0 Å². The van der Waals surface area contributed by atoms with Gasteiger partial charge in [0.15, 0.2) is 0 Å². The molecule has 1 heterocycles. The normalized spacial score (nSPS) is 27.4. The minimum atomic E-state index is -4.61. The molecule has 0 bridgehead atoms. The highest BCUT2D eigenvalue weighted by atomic mass is 19.4. The van der Waals surface area contributed by atoms with Crippen LogP contribution in [0.5, 0.6) is 0 Å². The third-order valence-electron chi connectivity index (χ3n) is 4.18. The highest BCUT2D eigenvalue weighted by Gasteiger charge is 2.52. The first kappa shape index (κ1) is 13.4. The zero-order valence-corrected chi connectivity index (χ0v) is 14.2. The molecule has 1 amide bonds. The highest BCUT2D eigenvalue weighted by molar-refractivity contribution is 5.69. The van der Waals surface area contributed by atoms with Gasteiger partial charge in [0.25, 0.3) is 0 Å². The van der Waals surface area contributed by atoms with Crippen molar-refractivity contribution >= 4 is 6.09 Å². The van der Waals surface area contributed by atoms with E-state index in [9.17, 15) is 18.0 Å². The molecule has 1 atom stereocenters. The maximum Gasteiger partial charge on any atom is 0.416 e. The summed E-state index contributed by atoms with van der Waals surface area (Å²) in [6, 6.07) is 0.464. The Morgan fingerprint density at radius 3 is 2.60 bits per heavy atom. The first-order valence-electron chi connectivity index (χ1n) is 9.89. The summed E-state index contributed by atoms with van der Waals surface area (Å²) in [4.78, 5) is 13.0. The average Bonchev–Trinajstić information content (AvgIpc) is 3.28. The number of hydrogen-bond acceptors (Lipinski definition) is 3. The summed E-state index contributed by atoms with van der Waals surface area (Å²) in [6.07, 6.45) is -4.97. The first-order valence-corrected chi connectivity index (χ1v) is 7.89. The van der Waals surface area contributed by atoms with E-state index in [1.807, 2.05) is 0 Å². The lowest BCUT2D eigenvalue weighted by atomic mass is 9.90. The molecule has 1 fully saturated rings. The Kier molecular flexibility index (Phi) is 3.02. The summed E-state index contributed by atoms with van der Waals surface area (Å²) in [5, 5.41) is 0. The Balaban J connectivity index is 2.14. The van der Waals surface area contributed by atoms with Gasteiger partial charge in [-0.15, -0.1) is 0 Å². The van der Waals surface area contributed by atoms with Crippen molar-refractivity contribution < 1.29 is 32.9 Å². The summed E-state index contributed by atoms with van der Waals surface area (Å²) < 4.78 is 82.7. The third kappa shape index (κ3) is 3.47. The van der Waals surface area contributed by atoms with Crippen LogP contribution in [0.25, 0.3) is 0 Å². The second-order valence-electron chi connectivity index (χ2n) is 7.30. The van der Waals surface area contributed by atoms with E-state index < -0.39 is 48.6 Å². The molecule has 1 aliphatic carbocycles. The van der Waals surface area contributed by atoms with E-state index in [4.69, 9.17) is 15.0 Å². The summed E-state index contributed by atoms with van der Waals surface area (Å²) >= 11 is 0. The number of amides is 1. The number of benzene rings is 1. The zero-order valence-electron chi connectivity index (χ0n) is 18.2. The number of nitrogens with zero attached hydrogens (tertiary/aromatic N) is 1. The molecule has 3 rings (SSSR count). The molecule has 0 N–H and O–H groups in total. The number of likely N-dealkylation sites (N-methyl/N-ethyl adjacent to an activating group) is 1. The summed E-state index contributed by atoms with van der Waals surface area (Å²) in [5.41, 5.74) is -2.85. The van der Waals surface area contributed by atoms with Gasteiger partial charge in [0.1, 0.15) is 5.60 Å². The Morgan fingerprint density at radius 2 is 2.08 bits per heavy atom. The van der Waals surface area contributed by atoms with E-state index in [0.717, 1.165) is 18.2 Å². The molecule has 0 radical (unpaired) electrons. The van der Waals surface area contributed by atoms with Crippen LogP contribution in [0.1, 0.15) is 61.8 Å². The van der Waals surface area contributed by atoms with Crippen LogP contribution in [0.15, 0.2) is 18.2 Å². The van der Waals surface area contributed by atoms with Gasteiger partial charge in [-0.25, -0.2) is 4.79 Å².